The number of esters is 1. The van der Waals surface area contributed by atoms with Crippen LogP contribution in [0.4, 0.5) is 20.3 Å². The highest BCUT2D eigenvalue weighted by atomic mass is 19.3. The Balaban J connectivity index is 0.00000140. The lowest BCUT2D eigenvalue weighted by atomic mass is 9.85. The van der Waals surface area contributed by atoms with Gasteiger partial charge in [0.25, 0.3) is 5.92 Å². The van der Waals surface area contributed by atoms with Gasteiger partial charge in [-0.1, -0.05) is 40.5 Å². The summed E-state index contributed by atoms with van der Waals surface area (Å²) in [5, 5.41) is 8.09. The van der Waals surface area contributed by atoms with Crippen molar-refractivity contribution in [2.45, 2.75) is 84.6 Å². The summed E-state index contributed by atoms with van der Waals surface area (Å²) in [6.45, 7) is 6.13. The predicted octanol–water partition coefficient (Wildman–Crippen LogP) is 6.25. The number of ether oxygens (including phenoxy) is 1. The lowest BCUT2D eigenvalue weighted by molar-refractivity contribution is -0.0555. The summed E-state index contributed by atoms with van der Waals surface area (Å²) < 4.78 is 33.7. The number of hydrogen-bond donors (Lipinski definition) is 1. The molecule has 0 amide bonds. The molecular formula is C26H41F2N5O2. The van der Waals surface area contributed by atoms with Gasteiger partial charge in [-0.2, -0.15) is 5.10 Å². The Kier molecular flexibility index (Phi) is 11.1. The Morgan fingerprint density at radius 3 is 2.51 bits per heavy atom. The van der Waals surface area contributed by atoms with Crippen LogP contribution in [0.5, 0.6) is 0 Å². The fraction of sp³-hybridized carbons (Fsp3) is 0.654. The van der Waals surface area contributed by atoms with E-state index in [9.17, 15) is 13.6 Å². The van der Waals surface area contributed by atoms with Crippen molar-refractivity contribution in [3.05, 3.63) is 35.8 Å². The van der Waals surface area contributed by atoms with Crippen molar-refractivity contribution in [2.75, 3.05) is 32.1 Å². The molecule has 2 fully saturated rings. The molecule has 0 atom stereocenters. The normalized spacial score (nSPS) is 18.1. The van der Waals surface area contributed by atoms with Gasteiger partial charge in [-0.05, 0) is 24.8 Å². The van der Waals surface area contributed by atoms with E-state index < -0.39 is 11.9 Å². The zero-order valence-electron chi connectivity index (χ0n) is 20.5. The van der Waals surface area contributed by atoms with Crippen molar-refractivity contribution in [3.63, 3.8) is 0 Å². The molecule has 1 aliphatic heterocycles. The molecule has 0 bridgehead atoms. The molecule has 0 aromatic carbocycles. The smallest absolute Gasteiger partial charge is 0.340 e. The molecule has 1 N–H and O–H groups in total. The molecule has 35 heavy (non-hydrogen) atoms. The summed E-state index contributed by atoms with van der Waals surface area (Å²) in [6.07, 6.45) is 10.9. The number of alkyl halides is 2. The van der Waals surface area contributed by atoms with Crippen LogP contribution in [-0.2, 0) is 11.3 Å². The molecular weight excluding hydrogens is 452 g/mol. The molecule has 2 aliphatic rings. The summed E-state index contributed by atoms with van der Waals surface area (Å²) in [5.41, 5.74) is 2.09. The van der Waals surface area contributed by atoms with Gasteiger partial charge in [0.1, 0.15) is 0 Å². The summed E-state index contributed by atoms with van der Waals surface area (Å²) in [4.78, 5) is 18.4. The number of methoxy groups -OCH3 is 1. The van der Waals surface area contributed by atoms with Crippen LogP contribution in [0.3, 0.4) is 0 Å². The van der Waals surface area contributed by atoms with Crippen LogP contribution in [0, 0.1) is 0 Å². The van der Waals surface area contributed by atoms with Crippen LogP contribution >= 0.6 is 0 Å². The molecule has 196 valence electrons. The lowest BCUT2D eigenvalue weighted by Crippen LogP contribution is -2.40. The number of halogens is 2. The first-order chi connectivity index (χ1) is 16.4. The summed E-state index contributed by atoms with van der Waals surface area (Å²) >= 11 is 0. The van der Waals surface area contributed by atoms with Gasteiger partial charge >= 0.3 is 5.97 Å². The number of nitrogens with one attached hydrogen (secondary N) is 1. The summed E-state index contributed by atoms with van der Waals surface area (Å²) in [5.74, 6) is -1.84. The third-order valence-corrected chi connectivity index (χ3v) is 6.55. The van der Waals surface area contributed by atoms with E-state index in [1.165, 1.54) is 26.4 Å². The Labute approximate surface area is 208 Å². The molecule has 3 heterocycles. The van der Waals surface area contributed by atoms with E-state index >= 15 is 0 Å². The number of hydrogen-bond acceptors (Lipinski definition) is 6. The highest BCUT2D eigenvalue weighted by Crippen LogP contribution is 2.37. The second kappa shape index (κ2) is 13.5. The van der Waals surface area contributed by atoms with E-state index in [0.29, 0.717) is 43.3 Å². The van der Waals surface area contributed by atoms with Crippen molar-refractivity contribution in [3.8, 4) is 0 Å². The molecule has 2 aromatic rings. The molecule has 7 nitrogen and oxygen atoms in total. The molecule has 4 rings (SSSR count). The standard InChI is InChI=1S/C23H31F2N5O2.C2H6.CH4/c1-32-22(31)18-7-10-26-15-20(18)27-21-19(17-5-3-2-4-6-17)16-30(28-21)14-13-29-11-8-23(24,25)9-12-29;1-2;/h7,10,15-17H,2-6,8-9,11-14H2,1H3,(H,27,28);1-2H3;1H4. The topological polar surface area (TPSA) is 72.3 Å². The first-order valence-corrected chi connectivity index (χ1v) is 12.4. The highest BCUT2D eigenvalue weighted by Gasteiger charge is 2.33. The number of carbonyl (C=O) groups excluding carboxylic acids is 1. The van der Waals surface area contributed by atoms with Crippen molar-refractivity contribution in [2.24, 2.45) is 0 Å². The monoisotopic (exact) mass is 493 g/mol. The van der Waals surface area contributed by atoms with Gasteiger partial charge in [-0.3, -0.25) is 9.67 Å². The second-order valence-corrected chi connectivity index (χ2v) is 8.77. The van der Waals surface area contributed by atoms with Crippen LogP contribution in [-0.4, -0.2) is 58.3 Å². The molecule has 1 saturated carbocycles. The van der Waals surface area contributed by atoms with Crippen molar-refractivity contribution in [1.82, 2.24) is 19.7 Å². The van der Waals surface area contributed by atoms with E-state index in [-0.39, 0.29) is 20.3 Å². The van der Waals surface area contributed by atoms with E-state index in [1.807, 2.05) is 18.5 Å². The van der Waals surface area contributed by atoms with Crippen LogP contribution in [0.25, 0.3) is 0 Å². The minimum Gasteiger partial charge on any atom is -0.465 e. The average Bonchev–Trinajstić information content (AvgIpc) is 3.27. The Morgan fingerprint density at radius 2 is 1.86 bits per heavy atom. The second-order valence-electron chi connectivity index (χ2n) is 8.77. The van der Waals surface area contributed by atoms with Gasteiger partial charge < -0.3 is 15.0 Å². The largest absolute Gasteiger partial charge is 0.465 e. The quantitative estimate of drug-likeness (QED) is 0.460. The molecule has 1 aliphatic carbocycles. The maximum atomic E-state index is 13.4. The minimum absolute atomic E-state index is 0. The number of rotatable bonds is 7. The van der Waals surface area contributed by atoms with Gasteiger partial charge in [0.15, 0.2) is 5.82 Å². The molecule has 9 heteroatoms. The maximum absolute atomic E-state index is 13.4. The first-order valence-electron chi connectivity index (χ1n) is 12.4. The van der Waals surface area contributed by atoms with E-state index in [4.69, 9.17) is 9.84 Å². The molecule has 0 spiro atoms. The van der Waals surface area contributed by atoms with Crippen LogP contribution < -0.4 is 5.32 Å². The van der Waals surface area contributed by atoms with Crippen molar-refractivity contribution in [1.29, 1.82) is 0 Å². The maximum Gasteiger partial charge on any atom is 0.340 e. The van der Waals surface area contributed by atoms with Gasteiger partial charge in [0, 0.05) is 50.4 Å². The highest BCUT2D eigenvalue weighted by molar-refractivity contribution is 5.96. The van der Waals surface area contributed by atoms with Gasteiger partial charge in [0.2, 0.25) is 0 Å². The number of nitrogens with zero attached hydrogens (tertiary/aromatic N) is 4. The number of aromatic nitrogens is 3. The molecule has 1 saturated heterocycles. The van der Waals surface area contributed by atoms with Crippen LogP contribution in [0.2, 0.25) is 0 Å². The lowest BCUT2D eigenvalue weighted by Gasteiger charge is -2.31. The number of carbonyl (C=O) groups is 1. The van der Waals surface area contributed by atoms with Gasteiger partial charge in [-0.25, -0.2) is 13.6 Å². The number of likely N-dealkylation sites (tertiary alicyclic amines) is 1. The third-order valence-electron chi connectivity index (χ3n) is 6.55. The zero-order chi connectivity index (χ0) is 24.6. The first kappa shape index (κ1) is 28.7. The Bertz CT molecular complexity index is 918. The van der Waals surface area contributed by atoms with E-state index in [2.05, 4.69) is 21.4 Å². The third kappa shape index (κ3) is 7.72. The van der Waals surface area contributed by atoms with Crippen LogP contribution in [0.15, 0.2) is 24.7 Å². The van der Waals surface area contributed by atoms with Gasteiger partial charge in [-0.15, -0.1) is 0 Å². The van der Waals surface area contributed by atoms with Crippen molar-refractivity contribution < 1.29 is 18.3 Å². The number of anilines is 2. The fourth-order valence-corrected chi connectivity index (χ4v) is 4.62. The summed E-state index contributed by atoms with van der Waals surface area (Å²) in [7, 11) is 1.35. The number of piperidine rings is 1. The Hall–Kier alpha value is -2.55. The summed E-state index contributed by atoms with van der Waals surface area (Å²) in [6, 6.07) is 1.62. The minimum atomic E-state index is -2.53. The van der Waals surface area contributed by atoms with E-state index in [1.54, 1.807) is 18.5 Å². The predicted molar refractivity (Wildman–Crippen MR) is 136 cm³/mol. The van der Waals surface area contributed by atoms with Gasteiger partial charge in [0.05, 0.1) is 31.1 Å². The van der Waals surface area contributed by atoms with Crippen LogP contribution in [0.1, 0.15) is 88.1 Å². The molecule has 0 radical (unpaired) electrons. The fourth-order valence-electron chi connectivity index (χ4n) is 4.62. The average molecular weight is 494 g/mol. The van der Waals surface area contributed by atoms with Crippen molar-refractivity contribution >= 4 is 17.5 Å². The SMILES string of the molecule is C.CC.COC(=O)c1ccncc1Nc1nn(CCN2CCC(F)(F)CC2)cc1C1CCCCC1. The zero-order valence-corrected chi connectivity index (χ0v) is 20.5. The number of pyridine rings is 1. The molecule has 0 unspecified atom stereocenters. The Morgan fingerprint density at radius 1 is 1.17 bits per heavy atom. The molecule has 2 aromatic heterocycles. The van der Waals surface area contributed by atoms with E-state index in [0.717, 1.165) is 24.2 Å².